The molecule has 2 aromatic heterocycles. The predicted octanol–water partition coefficient (Wildman–Crippen LogP) is 6.47. The molecule has 0 amide bonds. The lowest BCUT2D eigenvalue weighted by molar-refractivity contribution is 1.16. The highest BCUT2D eigenvalue weighted by Gasteiger charge is 2.12. The topological polar surface area (TPSA) is 17.3 Å². The van der Waals surface area contributed by atoms with Crippen LogP contribution in [0.5, 0.6) is 0 Å². The molecule has 0 spiro atoms. The lowest BCUT2D eigenvalue weighted by Crippen LogP contribution is -1.92. The largest absolute Gasteiger partial charge is 0.283 e. The summed E-state index contributed by atoms with van der Waals surface area (Å²) in [5, 5.41) is 3.07. The van der Waals surface area contributed by atoms with Gasteiger partial charge in [0.05, 0.1) is 11.7 Å². The molecule has 26 heavy (non-hydrogen) atoms. The SMILES string of the molecule is Clc1cc(-c2ccccc2)cc2cnc(-c3ccc4ccccc4c3)n12. The molecule has 0 saturated heterocycles. The standard InChI is InChI=1S/C23H15ClN2/c24-22-14-20(16-6-2-1-3-7-16)13-21-15-25-23(26(21)22)19-11-10-17-8-4-5-9-18(17)12-19/h1-15H. The number of benzene rings is 3. The van der Waals surface area contributed by atoms with E-state index in [2.05, 4.69) is 65.6 Å². The normalized spacial score (nSPS) is 11.3. The molecule has 0 saturated carbocycles. The van der Waals surface area contributed by atoms with Crippen LogP contribution in [-0.2, 0) is 0 Å². The third kappa shape index (κ3) is 2.47. The second-order valence-electron chi connectivity index (χ2n) is 6.34. The van der Waals surface area contributed by atoms with E-state index in [1.54, 1.807) is 0 Å². The minimum atomic E-state index is 0.655. The number of hydrogen-bond donors (Lipinski definition) is 0. The first-order chi connectivity index (χ1) is 12.8. The smallest absolute Gasteiger partial charge is 0.145 e. The van der Waals surface area contributed by atoms with Gasteiger partial charge in [-0.1, -0.05) is 78.3 Å². The van der Waals surface area contributed by atoms with Gasteiger partial charge in [-0.2, -0.15) is 0 Å². The van der Waals surface area contributed by atoms with Crippen LogP contribution in [0.4, 0.5) is 0 Å². The first kappa shape index (κ1) is 15.2. The lowest BCUT2D eigenvalue weighted by atomic mass is 10.1. The molecule has 2 nitrogen and oxygen atoms in total. The van der Waals surface area contributed by atoms with Gasteiger partial charge in [0.15, 0.2) is 0 Å². The van der Waals surface area contributed by atoms with E-state index in [-0.39, 0.29) is 0 Å². The van der Waals surface area contributed by atoms with Crippen molar-refractivity contribution in [1.82, 2.24) is 9.38 Å². The van der Waals surface area contributed by atoms with E-state index in [0.29, 0.717) is 5.15 Å². The van der Waals surface area contributed by atoms with Crippen LogP contribution in [0, 0.1) is 0 Å². The zero-order chi connectivity index (χ0) is 17.5. The van der Waals surface area contributed by atoms with Crippen molar-refractivity contribution in [3.63, 3.8) is 0 Å². The molecule has 3 heteroatoms. The van der Waals surface area contributed by atoms with E-state index in [1.165, 1.54) is 10.8 Å². The molecular weight excluding hydrogens is 340 g/mol. The fraction of sp³-hybridized carbons (Fsp3) is 0. The predicted molar refractivity (Wildman–Crippen MR) is 109 cm³/mol. The van der Waals surface area contributed by atoms with E-state index in [1.807, 2.05) is 34.9 Å². The molecule has 5 aromatic rings. The fourth-order valence-electron chi connectivity index (χ4n) is 3.41. The summed E-state index contributed by atoms with van der Waals surface area (Å²) in [6, 6.07) is 29.1. The van der Waals surface area contributed by atoms with Crippen LogP contribution in [0.1, 0.15) is 0 Å². The number of pyridine rings is 1. The van der Waals surface area contributed by atoms with Crippen molar-refractivity contribution in [3.05, 3.63) is 96.3 Å². The van der Waals surface area contributed by atoms with Crippen LogP contribution in [-0.4, -0.2) is 9.38 Å². The Kier molecular flexibility index (Phi) is 3.51. The van der Waals surface area contributed by atoms with Gasteiger partial charge in [-0.05, 0) is 40.1 Å². The van der Waals surface area contributed by atoms with E-state index in [4.69, 9.17) is 11.6 Å². The molecule has 0 bridgehead atoms. The molecule has 0 N–H and O–H groups in total. The monoisotopic (exact) mass is 354 g/mol. The summed E-state index contributed by atoms with van der Waals surface area (Å²) in [7, 11) is 0. The summed E-state index contributed by atoms with van der Waals surface area (Å²) >= 11 is 6.65. The maximum absolute atomic E-state index is 6.65. The van der Waals surface area contributed by atoms with E-state index < -0.39 is 0 Å². The van der Waals surface area contributed by atoms with Gasteiger partial charge in [-0.25, -0.2) is 4.98 Å². The zero-order valence-corrected chi connectivity index (χ0v) is 14.7. The number of fused-ring (bicyclic) bond motifs is 2. The van der Waals surface area contributed by atoms with Crippen LogP contribution >= 0.6 is 11.6 Å². The quantitative estimate of drug-likeness (QED) is 0.332. The Bertz CT molecular complexity index is 1240. The Morgan fingerprint density at radius 1 is 0.654 bits per heavy atom. The summed E-state index contributed by atoms with van der Waals surface area (Å²) in [6.07, 6.45) is 1.88. The number of rotatable bonds is 2. The Labute approximate surface area is 156 Å². The van der Waals surface area contributed by atoms with Gasteiger partial charge in [0.1, 0.15) is 11.0 Å². The highest BCUT2D eigenvalue weighted by atomic mass is 35.5. The number of nitrogens with zero attached hydrogens (tertiary/aromatic N) is 2. The van der Waals surface area contributed by atoms with Crippen molar-refractivity contribution < 1.29 is 0 Å². The summed E-state index contributed by atoms with van der Waals surface area (Å²) in [4.78, 5) is 4.65. The summed E-state index contributed by atoms with van der Waals surface area (Å²) in [5.74, 6) is 0.857. The van der Waals surface area contributed by atoms with Gasteiger partial charge in [-0.15, -0.1) is 0 Å². The van der Waals surface area contributed by atoms with Crippen LogP contribution in [0.3, 0.4) is 0 Å². The number of aromatic nitrogens is 2. The highest BCUT2D eigenvalue weighted by Crippen LogP contribution is 2.30. The van der Waals surface area contributed by atoms with E-state index in [9.17, 15) is 0 Å². The number of imidazole rings is 1. The average Bonchev–Trinajstić information content (AvgIpc) is 3.13. The molecule has 0 atom stereocenters. The molecule has 0 unspecified atom stereocenters. The molecule has 0 fully saturated rings. The second kappa shape index (κ2) is 6.01. The van der Waals surface area contributed by atoms with Crippen LogP contribution in [0.25, 0.3) is 38.8 Å². The lowest BCUT2D eigenvalue weighted by Gasteiger charge is -2.08. The van der Waals surface area contributed by atoms with Gasteiger partial charge < -0.3 is 0 Å². The summed E-state index contributed by atoms with van der Waals surface area (Å²) in [5.41, 5.74) is 4.27. The molecular formula is C23H15ClN2. The third-order valence-corrected chi connectivity index (χ3v) is 4.97. The Morgan fingerprint density at radius 3 is 2.27 bits per heavy atom. The first-order valence-corrected chi connectivity index (χ1v) is 8.89. The molecule has 5 rings (SSSR count). The van der Waals surface area contributed by atoms with Crippen molar-refractivity contribution >= 4 is 27.9 Å². The molecule has 3 aromatic carbocycles. The minimum absolute atomic E-state index is 0.655. The van der Waals surface area contributed by atoms with Crippen molar-refractivity contribution in [2.24, 2.45) is 0 Å². The van der Waals surface area contributed by atoms with Crippen molar-refractivity contribution in [1.29, 1.82) is 0 Å². The maximum atomic E-state index is 6.65. The van der Waals surface area contributed by atoms with Crippen LogP contribution in [0.15, 0.2) is 91.1 Å². The van der Waals surface area contributed by atoms with Gasteiger partial charge in [0.25, 0.3) is 0 Å². The zero-order valence-electron chi connectivity index (χ0n) is 13.9. The number of hydrogen-bond acceptors (Lipinski definition) is 1. The maximum Gasteiger partial charge on any atom is 0.145 e. The van der Waals surface area contributed by atoms with Crippen molar-refractivity contribution in [3.8, 4) is 22.5 Å². The average molecular weight is 355 g/mol. The third-order valence-electron chi connectivity index (χ3n) is 4.70. The Morgan fingerprint density at radius 2 is 1.42 bits per heavy atom. The molecule has 0 radical (unpaired) electrons. The number of halogens is 1. The molecule has 0 aliphatic rings. The molecule has 124 valence electrons. The molecule has 0 aliphatic heterocycles. The Hall–Kier alpha value is -3.10. The first-order valence-electron chi connectivity index (χ1n) is 8.51. The van der Waals surface area contributed by atoms with Gasteiger partial charge >= 0.3 is 0 Å². The van der Waals surface area contributed by atoms with Crippen LogP contribution in [0.2, 0.25) is 5.15 Å². The van der Waals surface area contributed by atoms with Crippen molar-refractivity contribution in [2.45, 2.75) is 0 Å². The van der Waals surface area contributed by atoms with Gasteiger partial charge in [0.2, 0.25) is 0 Å². The van der Waals surface area contributed by atoms with E-state index >= 15 is 0 Å². The van der Waals surface area contributed by atoms with E-state index in [0.717, 1.165) is 28.0 Å². The Balaban J connectivity index is 1.69. The highest BCUT2D eigenvalue weighted by molar-refractivity contribution is 6.30. The van der Waals surface area contributed by atoms with Gasteiger partial charge in [-0.3, -0.25) is 4.40 Å². The fourth-order valence-corrected chi connectivity index (χ4v) is 3.71. The van der Waals surface area contributed by atoms with Gasteiger partial charge in [0, 0.05) is 5.56 Å². The summed E-state index contributed by atoms with van der Waals surface area (Å²) < 4.78 is 2.00. The van der Waals surface area contributed by atoms with Crippen molar-refractivity contribution in [2.75, 3.05) is 0 Å². The molecule has 2 heterocycles. The molecule has 0 aliphatic carbocycles. The minimum Gasteiger partial charge on any atom is -0.283 e. The summed E-state index contributed by atoms with van der Waals surface area (Å²) in [6.45, 7) is 0. The second-order valence-corrected chi connectivity index (χ2v) is 6.72. The van der Waals surface area contributed by atoms with Crippen LogP contribution < -0.4 is 0 Å².